The highest BCUT2D eigenvalue weighted by Crippen LogP contribution is 2.31. The molecule has 3 rings (SSSR count). The summed E-state index contributed by atoms with van der Waals surface area (Å²) in [5.74, 6) is 0.206. The lowest BCUT2D eigenvalue weighted by molar-refractivity contribution is -0.126. The van der Waals surface area contributed by atoms with Crippen LogP contribution in [0.1, 0.15) is 32.1 Å². The lowest BCUT2D eigenvalue weighted by Gasteiger charge is -2.30. The second-order valence-corrected chi connectivity index (χ2v) is 8.63. The molecule has 0 aromatic heterocycles. The Morgan fingerprint density at radius 3 is 2.43 bits per heavy atom. The molecule has 2 aliphatic rings. The number of amides is 1. The number of hydrogen-bond donors (Lipinski definition) is 0. The summed E-state index contributed by atoms with van der Waals surface area (Å²) >= 11 is 6.99. The predicted octanol–water partition coefficient (Wildman–Crippen LogP) is 3.29. The maximum atomic E-state index is 12.5. The van der Waals surface area contributed by atoms with E-state index in [-0.39, 0.29) is 22.6 Å². The second kappa shape index (κ2) is 6.83. The molecule has 1 aliphatic carbocycles. The third kappa shape index (κ3) is 3.72. The summed E-state index contributed by atoms with van der Waals surface area (Å²) in [5.41, 5.74) is 0. The lowest BCUT2D eigenvalue weighted by atomic mass is 9.94. The van der Waals surface area contributed by atoms with E-state index in [9.17, 15) is 13.2 Å². The smallest absolute Gasteiger partial charge is 0.284 e. The topological polar surface area (TPSA) is 66.8 Å². The summed E-state index contributed by atoms with van der Waals surface area (Å²) in [6.07, 6.45) is 5.12. The fourth-order valence-corrected chi connectivity index (χ4v) is 5.20. The monoisotopic (exact) mass is 372 g/mol. The van der Waals surface area contributed by atoms with Crippen molar-refractivity contribution in [3.8, 4) is 0 Å². The lowest BCUT2D eigenvalue weighted by Crippen LogP contribution is -2.41. The highest BCUT2D eigenvalue weighted by molar-refractivity contribution is 8.15. The van der Waals surface area contributed by atoms with Crippen LogP contribution in [0.4, 0.5) is 0 Å². The fraction of sp³-hybridized carbons (Fsp3) is 0.467. The van der Waals surface area contributed by atoms with E-state index in [2.05, 4.69) is 4.40 Å². The van der Waals surface area contributed by atoms with Crippen molar-refractivity contribution in [3.05, 3.63) is 29.3 Å². The average molecular weight is 373 g/mol. The summed E-state index contributed by atoms with van der Waals surface area (Å²) < 4.78 is 28.8. The van der Waals surface area contributed by atoms with Gasteiger partial charge in [0.15, 0.2) is 5.17 Å². The SMILES string of the molecule is O=C1CSC(=NS(=O)(=O)c2ccc(Cl)cc2)N1C1CCCCC1. The Kier molecular flexibility index (Phi) is 4.98. The number of rotatable bonds is 3. The van der Waals surface area contributed by atoms with Gasteiger partial charge >= 0.3 is 0 Å². The quantitative estimate of drug-likeness (QED) is 0.816. The molecule has 0 atom stereocenters. The summed E-state index contributed by atoms with van der Waals surface area (Å²) in [6, 6.07) is 5.95. The van der Waals surface area contributed by atoms with Crippen LogP contribution in [-0.2, 0) is 14.8 Å². The number of amidine groups is 1. The number of carbonyl (C=O) groups is 1. The molecule has 8 heteroatoms. The number of hydrogen-bond acceptors (Lipinski definition) is 4. The van der Waals surface area contributed by atoms with Crippen molar-refractivity contribution in [2.24, 2.45) is 4.40 Å². The Labute approximate surface area is 145 Å². The first kappa shape index (κ1) is 16.8. The maximum absolute atomic E-state index is 12.5. The highest BCUT2D eigenvalue weighted by atomic mass is 35.5. The molecular formula is C15H17ClN2O3S2. The van der Waals surface area contributed by atoms with Gasteiger partial charge in [-0.25, -0.2) is 0 Å². The van der Waals surface area contributed by atoms with Gasteiger partial charge in [0.25, 0.3) is 10.0 Å². The molecule has 0 bridgehead atoms. The van der Waals surface area contributed by atoms with E-state index in [4.69, 9.17) is 11.6 Å². The molecule has 0 unspecified atom stereocenters. The van der Waals surface area contributed by atoms with Crippen LogP contribution in [0.3, 0.4) is 0 Å². The van der Waals surface area contributed by atoms with Gasteiger partial charge in [-0.3, -0.25) is 9.69 Å². The Bertz CT molecular complexity index is 726. The minimum absolute atomic E-state index is 0.0491. The average Bonchev–Trinajstić information content (AvgIpc) is 2.88. The molecule has 1 aromatic carbocycles. The molecule has 0 N–H and O–H groups in total. The van der Waals surface area contributed by atoms with Crippen LogP contribution in [0.5, 0.6) is 0 Å². The summed E-state index contributed by atoms with van der Waals surface area (Å²) in [6.45, 7) is 0. The number of thioether (sulfide) groups is 1. The van der Waals surface area contributed by atoms with Crippen molar-refractivity contribution in [2.75, 3.05) is 5.75 Å². The largest absolute Gasteiger partial charge is 0.287 e. The van der Waals surface area contributed by atoms with Gasteiger partial charge < -0.3 is 0 Å². The van der Waals surface area contributed by atoms with Crippen molar-refractivity contribution in [2.45, 2.75) is 43.0 Å². The molecule has 1 saturated heterocycles. The fourth-order valence-electron chi connectivity index (χ4n) is 2.90. The van der Waals surface area contributed by atoms with Crippen molar-refractivity contribution >= 4 is 44.5 Å². The van der Waals surface area contributed by atoms with Gasteiger partial charge in [-0.05, 0) is 37.1 Å². The second-order valence-electron chi connectivity index (χ2n) is 5.65. The standard InChI is InChI=1S/C15H17ClN2O3S2/c16-11-6-8-13(9-7-11)23(20,21)17-15-18(14(19)10-22-15)12-4-2-1-3-5-12/h6-9,12H,1-5,10H2. The number of benzene rings is 1. The summed E-state index contributed by atoms with van der Waals surface area (Å²) in [5, 5.41) is 0.766. The van der Waals surface area contributed by atoms with E-state index in [1.54, 1.807) is 4.90 Å². The number of sulfonamides is 1. The van der Waals surface area contributed by atoms with Gasteiger partial charge in [0.05, 0.1) is 10.6 Å². The first-order valence-electron chi connectivity index (χ1n) is 7.53. The molecular weight excluding hydrogens is 356 g/mol. The van der Waals surface area contributed by atoms with E-state index >= 15 is 0 Å². The van der Waals surface area contributed by atoms with Gasteiger partial charge in [0, 0.05) is 11.1 Å². The van der Waals surface area contributed by atoms with Crippen LogP contribution >= 0.6 is 23.4 Å². The predicted molar refractivity (Wildman–Crippen MR) is 92.2 cm³/mol. The van der Waals surface area contributed by atoms with Gasteiger partial charge in [0.2, 0.25) is 5.91 Å². The molecule has 124 valence electrons. The summed E-state index contributed by atoms with van der Waals surface area (Å²) in [4.78, 5) is 13.8. The van der Waals surface area contributed by atoms with Crippen LogP contribution in [0, 0.1) is 0 Å². The maximum Gasteiger partial charge on any atom is 0.284 e. The highest BCUT2D eigenvalue weighted by Gasteiger charge is 2.36. The van der Waals surface area contributed by atoms with Crippen molar-refractivity contribution < 1.29 is 13.2 Å². The van der Waals surface area contributed by atoms with E-state index in [0.717, 1.165) is 25.7 Å². The van der Waals surface area contributed by atoms with Crippen LogP contribution in [-0.4, -0.2) is 36.2 Å². The Morgan fingerprint density at radius 1 is 1.13 bits per heavy atom. The third-order valence-corrected chi connectivity index (χ3v) is 6.64. The molecule has 1 amide bonds. The van der Waals surface area contributed by atoms with Gasteiger partial charge in [-0.1, -0.05) is 42.6 Å². The molecule has 1 saturated carbocycles. The summed E-state index contributed by atoms with van der Waals surface area (Å²) in [7, 11) is -3.84. The molecule has 0 radical (unpaired) electrons. The van der Waals surface area contributed by atoms with Crippen molar-refractivity contribution in [1.29, 1.82) is 0 Å². The van der Waals surface area contributed by atoms with Gasteiger partial charge in [-0.15, -0.1) is 4.40 Å². The molecule has 5 nitrogen and oxygen atoms in total. The molecule has 1 heterocycles. The normalized spacial score (nSPS) is 22.0. The first-order chi connectivity index (χ1) is 11.0. The molecule has 1 aliphatic heterocycles. The molecule has 0 spiro atoms. The Hall–Kier alpha value is -1.05. The molecule has 23 heavy (non-hydrogen) atoms. The number of halogens is 1. The van der Waals surface area contributed by atoms with Crippen LogP contribution in [0.15, 0.2) is 33.6 Å². The van der Waals surface area contributed by atoms with Crippen LogP contribution < -0.4 is 0 Å². The Balaban J connectivity index is 1.90. The van der Waals surface area contributed by atoms with Crippen molar-refractivity contribution in [1.82, 2.24) is 4.90 Å². The zero-order valence-electron chi connectivity index (χ0n) is 12.4. The van der Waals surface area contributed by atoms with Gasteiger partial charge in [0.1, 0.15) is 0 Å². The van der Waals surface area contributed by atoms with Gasteiger partial charge in [-0.2, -0.15) is 8.42 Å². The minimum Gasteiger partial charge on any atom is -0.287 e. The van der Waals surface area contributed by atoms with E-state index in [1.165, 1.54) is 42.4 Å². The zero-order valence-corrected chi connectivity index (χ0v) is 14.8. The zero-order chi connectivity index (χ0) is 16.4. The van der Waals surface area contributed by atoms with E-state index < -0.39 is 10.0 Å². The van der Waals surface area contributed by atoms with Crippen molar-refractivity contribution in [3.63, 3.8) is 0 Å². The Morgan fingerprint density at radius 2 is 1.78 bits per heavy atom. The van der Waals surface area contributed by atoms with Crippen LogP contribution in [0.25, 0.3) is 0 Å². The number of nitrogens with zero attached hydrogens (tertiary/aromatic N) is 2. The first-order valence-corrected chi connectivity index (χ1v) is 10.3. The minimum atomic E-state index is -3.84. The third-order valence-electron chi connectivity index (χ3n) is 4.05. The molecule has 1 aromatic rings. The van der Waals surface area contributed by atoms with E-state index in [0.29, 0.717) is 10.2 Å². The van der Waals surface area contributed by atoms with E-state index in [1.807, 2.05) is 0 Å². The van der Waals surface area contributed by atoms with Crippen LogP contribution in [0.2, 0.25) is 5.02 Å². The molecule has 2 fully saturated rings. The number of carbonyl (C=O) groups excluding carboxylic acids is 1.